The molecule has 2 nitrogen and oxygen atoms in total. The Bertz CT molecular complexity index is 286. The number of hydrogen-bond acceptors (Lipinski definition) is 2. The summed E-state index contributed by atoms with van der Waals surface area (Å²) in [5.41, 5.74) is 2.67. The minimum absolute atomic E-state index is 0.418. The molecule has 0 spiro atoms. The summed E-state index contributed by atoms with van der Waals surface area (Å²) < 4.78 is 5.01. The molecule has 0 aliphatic heterocycles. The van der Waals surface area contributed by atoms with Crippen molar-refractivity contribution in [1.82, 2.24) is 5.32 Å². The lowest BCUT2D eigenvalue weighted by molar-refractivity contribution is 0.193. The highest BCUT2D eigenvalue weighted by Crippen LogP contribution is 2.13. The highest BCUT2D eigenvalue weighted by atomic mass is 16.5. The molecule has 1 rings (SSSR count). The fraction of sp³-hybridized carbons (Fsp3) is 0.538. The Morgan fingerprint density at radius 3 is 2.87 bits per heavy atom. The van der Waals surface area contributed by atoms with Gasteiger partial charge < -0.3 is 10.1 Å². The van der Waals surface area contributed by atoms with E-state index in [4.69, 9.17) is 4.74 Å². The summed E-state index contributed by atoms with van der Waals surface area (Å²) in [4.78, 5) is 0. The second-order valence-electron chi connectivity index (χ2n) is 3.94. The van der Waals surface area contributed by atoms with E-state index in [1.807, 2.05) is 0 Å². The standard InChI is InChI=1S/C13H21NO/c1-11-6-4-7-13(10-11)12(2)14-8-5-9-15-3/h4,6-7,10,12,14H,5,8-9H2,1-3H3/t12-/m0/s1. The van der Waals surface area contributed by atoms with E-state index in [0.717, 1.165) is 19.6 Å². The van der Waals surface area contributed by atoms with E-state index < -0.39 is 0 Å². The molecule has 0 heterocycles. The Morgan fingerprint density at radius 1 is 1.40 bits per heavy atom. The van der Waals surface area contributed by atoms with Crippen molar-refractivity contribution in [3.05, 3.63) is 35.4 Å². The van der Waals surface area contributed by atoms with Crippen LogP contribution in [0, 0.1) is 6.92 Å². The smallest absolute Gasteiger partial charge is 0.0474 e. The maximum absolute atomic E-state index is 5.01. The molecule has 84 valence electrons. The molecule has 0 saturated heterocycles. The topological polar surface area (TPSA) is 21.3 Å². The number of nitrogens with one attached hydrogen (secondary N) is 1. The zero-order chi connectivity index (χ0) is 11.1. The van der Waals surface area contributed by atoms with Crippen molar-refractivity contribution in [3.8, 4) is 0 Å². The molecule has 0 saturated carbocycles. The van der Waals surface area contributed by atoms with Gasteiger partial charge in [0, 0.05) is 19.8 Å². The first-order valence-electron chi connectivity index (χ1n) is 5.53. The normalized spacial score (nSPS) is 12.7. The van der Waals surface area contributed by atoms with Gasteiger partial charge in [0.2, 0.25) is 0 Å². The van der Waals surface area contributed by atoms with E-state index in [9.17, 15) is 0 Å². The molecule has 1 aromatic rings. The van der Waals surface area contributed by atoms with Gasteiger partial charge in [-0.2, -0.15) is 0 Å². The molecule has 1 aromatic carbocycles. The number of aryl methyl sites for hydroxylation is 1. The molecule has 2 heteroatoms. The van der Waals surface area contributed by atoms with E-state index in [1.54, 1.807) is 7.11 Å². The monoisotopic (exact) mass is 207 g/mol. The number of hydrogen-bond donors (Lipinski definition) is 1. The molecule has 1 atom stereocenters. The van der Waals surface area contributed by atoms with Crippen LogP contribution in [0.15, 0.2) is 24.3 Å². The van der Waals surface area contributed by atoms with Crippen molar-refractivity contribution in [2.45, 2.75) is 26.3 Å². The van der Waals surface area contributed by atoms with Crippen LogP contribution in [0.2, 0.25) is 0 Å². The van der Waals surface area contributed by atoms with Crippen LogP contribution < -0.4 is 5.32 Å². The first-order valence-corrected chi connectivity index (χ1v) is 5.53. The lowest BCUT2D eigenvalue weighted by atomic mass is 10.1. The van der Waals surface area contributed by atoms with Crippen LogP contribution in [0.5, 0.6) is 0 Å². The minimum Gasteiger partial charge on any atom is -0.385 e. The lowest BCUT2D eigenvalue weighted by Crippen LogP contribution is -2.20. The fourth-order valence-electron chi connectivity index (χ4n) is 1.59. The zero-order valence-electron chi connectivity index (χ0n) is 9.92. The molecule has 0 unspecified atom stereocenters. The van der Waals surface area contributed by atoms with Gasteiger partial charge in [-0.05, 0) is 32.4 Å². The third-order valence-corrected chi connectivity index (χ3v) is 2.52. The average Bonchev–Trinajstić information content (AvgIpc) is 2.24. The molecule has 0 bridgehead atoms. The summed E-state index contributed by atoms with van der Waals surface area (Å²) in [6.45, 7) is 6.15. The van der Waals surface area contributed by atoms with Gasteiger partial charge in [0.1, 0.15) is 0 Å². The van der Waals surface area contributed by atoms with E-state index >= 15 is 0 Å². The third-order valence-electron chi connectivity index (χ3n) is 2.52. The van der Waals surface area contributed by atoms with Crippen LogP contribution >= 0.6 is 0 Å². The summed E-state index contributed by atoms with van der Waals surface area (Å²) >= 11 is 0. The van der Waals surface area contributed by atoms with Crippen molar-refractivity contribution in [3.63, 3.8) is 0 Å². The second kappa shape index (κ2) is 6.59. The van der Waals surface area contributed by atoms with Crippen LogP contribution in [-0.4, -0.2) is 20.3 Å². The first kappa shape index (κ1) is 12.2. The molecular formula is C13H21NO. The van der Waals surface area contributed by atoms with Gasteiger partial charge in [-0.1, -0.05) is 29.8 Å². The van der Waals surface area contributed by atoms with E-state index in [1.165, 1.54) is 11.1 Å². The van der Waals surface area contributed by atoms with Gasteiger partial charge in [0.05, 0.1) is 0 Å². The average molecular weight is 207 g/mol. The largest absolute Gasteiger partial charge is 0.385 e. The van der Waals surface area contributed by atoms with E-state index in [0.29, 0.717) is 6.04 Å². The van der Waals surface area contributed by atoms with Crippen molar-refractivity contribution < 1.29 is 4.74 Å². The highest BCUT2D eigenvalue weighted by molar-refractivity contribution is 5.24. The Hall–Kier alpha value is -0.860. The molecule has 0 amide bonds. The number of rotatable bonds is 6. The van der Waals surface area contributed by atoms with Crippen LogP contribution in [-0.2, 0) is 4.74 Å². The van der Waals surface area contributed by atoms with Gasteiger partial charge in [-0.15, -0.1) is 0 Å². The van der Waals surface area contributed by atoms with E-state index in [2.05, 4.69) is 43.4 Å². The summed E-state index contributed by atoms with van der Waals surface area (Å²) in [5, 5.41) is 3.48. The summed E-state index contributed by atoms with van der Waals surface area (Å²) in [7, 11) is 1.74. The van der Waals surface area contributed by atoms with Crippen LogP contribution in [0.25, 0.3) is 0 Å². The van der Waals surface area contributed by atoms with Crippen LogP contribution in [0.4, 0.5) is 0 Å². The minimum atomic E-state index is 0.418. The molecule has 0 aliphatic rings. The van der Waals surface area contributed by atoms with Gasteiger partial charge in [0.15, 0.2) is 0 Å². The second-order valence-corrected chi connectivity index (χ2v) is 3.94. The lowest BCUT2D eigenvalue weighted by Gasteiger charge is -2.14. The van der Waals surface area contributed by atoms with Crippen molar-refractivity contribution >= 4 is 0 Å². The Labute approximate surface area is 92.6 Å². The fourth-order valence-corrected chi connectivity index (χ4v) is 1.59. The summed E-state index contributed by atoms with van der Waals surface area (Å²) in [6, 6.07) is 9.05. The molecule has 0 aromatic heterocycles. The Morgan fingerprint density at radius 2 is 2.20 bits per heavy atom. The highest BCUT2D eigenvalue weighted by Gasteiger charge is 2.03. The van der Waals surface area contributed by atoms with Crippen LogP contribution in [0.1, 0.15) is 30.5 Å². The van der Waals surface area contributed by atoms with Gasteiger partial charge in [-0.25, -0.2) is 0 Å². The first-order chi connectivity index (χ1) is 7.24. The third kappa shape index (κ3) is 4.45. The van der Waals surface area contributed by atoms with Gasteiger partial charge in [-0.3, -0.25) is 0 Å². The number of ether oxygens (including phenoxy) is 1. The van der Waals surface area contributed by atoms with Gasteiger partial charge >= 0.3 is 0 Å². The summed E-state index contributed by atoms with van der Waals surface area (Å²) in [5.74, 6) is 0. The predicted octanol–water partition coefficient (Wildman–Crippen LogP) is 2.68. The SMILES string of the molecule is COCCCN[C@@H](C)c1cccc(C)c1. The number of methoxy groups -OCH3 is 1. The Kier molecular flexibility index (Phi) is 5.37. The maximum Gasteiger partial charge on any atom is 0.0474 e. The molecule has 15 heavy (non-hydrogen) atoms. The van der Waals surface area contributed by atoms with E-state index in [-0.39, 0.29) is 0 Å². The number of benzene rings is 1. The maximum atomic E-state index is 5.01. The van der Waals surface area contributed by atoms with Gasteiger partial charge in [0.25, 0.3) is 0 Å². The van der Waals surface area contributed by atoms with Crippen molar-refractivity contribution in [2.75, 3.05) is 20.3 Å². The molecule has 0 aliphatic carbocycles. The molecule has 0 radical (unpaired) electrons. The van der Waals surface area contributed by atoms with Crippen molar-refractivity contribution in [2.24, 2.45) is 0 Å². The quantitative estimate of drug-likeness (QED) is 0.724. The predicted molar refractivity (Wildman–Crippen MR) is 64.1 cm³/mol. The molecule has 1 N–H and O–H groups in total. The Balaban J connectivity index is 2.36. The van der Waals surface area contributed by atoms with Crippen molar-refractivity contribution in [1.29, 1.82) is 0 Å². The molecule has 0 fully saturated rings. The zero-order valence-corrected chi connectivity index (χ0v) is 9.92. The van der Waals surface area contributed by atoms with Crippen LogP contribution in [0.3, 0.4) is 0 Å². The summed E-state index contributed by atoms with van der Waals surface area (Å²) in [6.07, 6.45) is 1.06. The molecular weight excluding hydrogens is 186 g/mol.